The van der Waals surface area contributed by atoms with E-state index in [2.05, 4.69) is 4.98 Å². The van der Waals surface area contributed by atoms with Gasteiger partial charge in [-0.2, -0.15) is 0 Å². The van der Waals surface area contributed by atoms with Crippen molar-refractivity contribution in [3.05, 3.63) is 81.7 Å². The molecule has 0 radical (unpaired) electrons. The van der Waals surface area contributed by atoms with Crippen LogP contribution in [0.2, 0.25) is 0 Å². The predicted molar refractivity (Wildman–Crippen MR) is 190 cm³/mol. The van der Waals surface area contributed by atoms with Gasteiger partial charge in [0.05, 0.1) is 0 Å². The average molecular weight is 813 g/mol. The number of carbonyl (C=O) groups is 2. The number of fused-ring (bicyclic) bond motifs is 2. The zero-order valence-corrected chi connectivity index (χ0v) is 29.6. The molecule has 11 unspecified atom stereocenters. The number of aliphatic hydroxyl groups is 7. The first kappa shape index (κ1) is 40.3. The van der Waals surface area contributed by atoms with E-state index in [9.17, 15) is 70.6 Å². The first-order chi connectivity index (χ1) is 27.5. The largest absolute Gasteiger partial charge is 0.507 e. The van der Waals surface area contributed by atoms with E-state index in [4.69, 9.17) is 29.1 Å². The number of aliphatic hydroxyl groups excluding tert-OH is 7. The Hall–Kier alpha value is -5.88. The normalized spacial score (nSPS) is 30.7. The molecular weight excluding hydrogens is 776 g/mol. The molecule has 0 aliphatic carbocycles. The molecule has 13 N–H and O–H groups in total. The van der Waals surface area contributed by atoms with E-state index in [1.54, 1.807) is 0 Å². The number of aromatic hydroxyl groups is 3. The van der Waals surface area contributed by atoms with Gasteiger partial charge in [-0.15, -0.1) is 0 Å². The lowest BCUT2D eigenvalue weighted by Crippen LogP contribution is -2.68. The van der Waals surface area contributed by atoms with Gasteiger partial charge >= 0.3 is 11.9 Å². The topological polar surface area (TPSA) is 363 Å². The van der Waals surface area contributed by atoms with Crippen LogP contribution in [0.5, 0.6) is 23.0 Å². The number of carboxylic acids is 1. The first-order valence-corrected chi connectivity index (χ1v) is 17.4. The third kappa shape index (κ3) is 6.82. The summed E-state index contributed by atoms with van der Waals surface area (Å²) < 4.78 is 28.1. The van der Waals surface area contributed by atoms with Crippen LogP contribution >= 0.6 is 0 Å². The Labute approximate surface area is 324 Å². The molecule has 2 fully saturated rings. The number of aliphatic carboxylic acids is 1. The van der Waals surface area contributed by atoms with Crippen LogP contribution in [0.25, 0.3) is 22.3 Å². The number of ether oxygens (including phenoxy) is 4. The standard InChI is InChI=1S/C37H36N2O19/c38-21-2-1-13(11-39-21)15-3-5-37(33(50)29(48)28(47)32(58-37)35(53)56-36-30(49)26(45)27(46)31(55-36)34(51)52)57-20-10-19-23(25(44)22(15)20)16(41)9-18(54-19)14-7-12(4-6-40)24(43)17(42)8-14/h1-3,5,7-11,15,26-33,36,40,42-50H,4,6H2,(H2,38,39)(H,51,52). The number of rotatable bonds is 7. The lowest BCUT2D eigenvalue weighted by Gasteiger charge is -2.46. The summed E-state index contributed by atoms with van der Waals surface area (Å²) in [5.41, 5.74) is 5.01. The minimum Gasteiger partial charge on any atom is -0.507 e. The SMILES string of the molecule is Nc1ccc(C2C=CC3(Oc4cc5oc(-c6cc(O)c(O)c(CCO)c6)cc(=O)c5c(O)c42)OC(C(=O)OC2OC(C(=O)O)C(O)C(O)C2O)C(O)C(O)C3O)cn1. The van der Waals surface area contributed by atoms with E-state index in [1.165, 1.54) is 30.5 Å². The lowest BCUT2D eigenvalue weighted by molar-refractivity contribution is -0.321. The van der Waals surface area contributed by atoms with Crippen LogP contribution in [-0.4, -0.2) is 141 Å². The molecule has 7 rings (SSSR count). The maximum absolute atomic E-state index is 13.7. The number of benzene rings is 2. The summed E-state index contributed by atoms with van der Waals surface area (Å²) >= 11 is 0. The van der Waals surface area contributed by atoms with Crippen molar-refractivity contribution in [1.29, 1.82) is 0 Å². The number of phenols is 3. The second-order valence-electron chi connectivity index (χ2n) is 13.8. The molecule has 58 heavy (non-hydrogen) atoms. The Kier molecular flexibility index (Phi) is 10.5. The van der Waals surface area contributed by atoms with E-state index in [-0.39, 0.29) is 45.7 Å². The van der Waals surface area contributed by atoms with Gasteiger partial charge in [-0.1, -0.05) is 12.1 Å². The number of nitrogens with two attached hydrogens (primary N) is 1. The molecule has 2 aromatic carbocycles. The number of hydrogen-bond donors (Lipinski definition) is 12. The van der Waals surface area contributed by atoms with Crippen LogP contribution < -0.4 is 15.9 Å². The molecular formula is C37H36N2O19. The lowest BCUT2D eigenvalue weighted by atomic mass is 9.88. The Morgan fingerprint density at radius 2 is 1.62 bits per heavy atom. The van der Waals surface area contributed by atoms with Crippen molar-refractivity contribution in [3.8, 4) is 34.3 Å². The number of carbonyl (C=O) groups excluding carboxylic acids is 1. The molecule has 2 aromatic heterocycles. The van der Waals surface area contributed by atoms with Crippen LogP contribution in [0.4, 0.5) is 5.82 Å². The number of nitrogens with zero attached hydrogens (tertiary/aromatic N) is 1. The molecule has 0 bridgehead atoms. The highest BCUT2D eigenvalue weighted by molar-refractivity contribution is 5.89. The monoisotopic (exact) mass is 812 g/mol. The zero-order chi connectivity index (χ0) is 42.0. The summed E-state index contributed by atoms with van der Waals surface area (Å²) in [4.78, 5) is 42.9. The fourth-order valence-corrected chi connectivity index (χ4v) is 7.05. The van der Waals surface area contributed by atoms with E-state index < -0.39 is 114 Å². The highest BCUT2D eigenvalue weighted by Gasteiger charge is 2.59. The number of allylic oxidation sites excluding steroid dienone is 1. The van der Waals surface area contributed by atoms with Crippen molar-refractivity contribution in [2.45, 2.75) is 73.2 Å². The number of pyridine rings is 1. The smallest absolute Gasteiger partial charge is 0.340 e. The summed E-state index contributed by atoms with van der Waals surface area (Å²) in [6, 6.07) is 7.48. The second-order valence-corrected chi connectivity index (χ2v) is 13.8. The van der Waals surface area contributed by atoms with Crippen LogP contribution in [0.15, 0.2) is 64.0 Å². The molecule has 21 heteroatoms. The third-order valence-corrected chi connectivity index (χ3v) is 10.1. The van der Waals surface area contributed by atoms with Crippen LogP contribution in [0, 0.1) is 0 Å². The molecule has 5 heterocycles. The minimum atomic E-state index is -2.67. The molecule has 308 valence electrons. The molecule has 0 saturated carbocycles. The Balaban J connectivity index is 1.34. The highest BCUT2D eigenvalue weighted by Crippen LogP contribution is 2.49. The second kappa shape index (κ2) is 15.1. The molecule has 1 spiro atoms. The van der Waals surface area contributed by atoms with Crippen LogP contribution in [0.3, 0.4) is 0 Å². The van der Waals surface area contributed by atoms with Crippen molar-refractivity contribution in [2.24, 2.45) is 0 Å². The van der Waals surface area contributed by atoms with E-state index in [0.717, 1.165) is 24.3 Å². The van der Waals surface area contributed by atoms with E-state index in [0.29, 0.717) is 5.56 Å². The van der Waals surface area contributed by atoms with Gasteiger partial charge in [-0.3, -0.25) is 4.79 Å². The Bertz CT molecular complexity index is 2350. The molecule has 11 atom stereocenters. The van der Waals surface area contributed by atoms with E-state index >= 15 is 0 Å². The van der Waals surface area contributed by atoms with Gasteiger partial charge in [0, 0.05) is 47.5 Å². The summed E-state index contributed by atoms with van der Waals surface area (Å²) in [7, 11) is 0. The average Bonchev–Trinajstić information content (AvgIpc) is 3.34. The number of hydrogen-bond acceptors (Lipinski definition) is 20. The number of aromatic nitrogens is 1. The highest BCUT2D eigenvalue weighted by atomic mass is 16.8. The number of phenolic OH excluding ortho intramolecular Hbond substituents is 3. The number of nitrogen functional groups attached to an aromatic ring is 1. The summed E-state index contributed by atoms with van der Waals surface area (Å²) in [6.45, 7) is -0.400. The van der Waals surface area contributed by atoms with Crippen molar-refractivity contribution in [3.63, 3.8) is 0 Å². The Morgan fingerprint density at radius 3 is 2.29 bits per heavy atom. The van der Waals surface area contributed by atoms with Crippen LogP contribution in [0.1, 0.15) is 22.6 Å². The molecule has 2 saturated heterocycles. The maximum atomic E-state index is 13.7. The van der Waals surface area contributed by atoms with Gasteiger partial charge in [-0.05, 0) is 36.3 Å². The summed E-state index contributed by atoms with van der Waals surface area (Å²) in [5.74, 6) is -9.49. The first-order valence-electron chi connectivity index (χ1n) is 17.4. The van der Waals surface area contributed by atoms with Crippen molar-refractivity contribution >= 4 is 28.7 Å². The number of anilines is 1. The summed E-state index contributed by atoms with van der Waals surface area (Å²) in [6.07, 6.45) is -16.5. The van der Waals surface area contributed by atoms with Gasteiger partial charge in [-0.25, -0.2) is 14.6 Å². The van der Waals surface area contributed by atoms with Gasteiger partial charge in [0.25, 0.3) is 5.79 Å². The molecule has 4 aromatic rings. The van der Waals surface area contributed by atoms with Crippen LogP contribution in [-0.2, 0) is 30.2 Å². The maximum Gasteiger partial charge on any atom is 0.340 e. The van der Waals surface area contributed by atoms with Gasteiger partial charge in [0.1, 0.15) is 64.6 Å². The fourth-order valence-electron chi connectivity index (χ4n) is 7.05. The predicted octanol–water partition coefficient (Wildman–Crippen LogP) is -2.22. The van der Waals surface area contributed by atoms with Crippen molar-refractivity contribution in [2.75, 3.05) is 12.3 Å². The number of esters is 1. The van der Waals surface area contributed by atoms with Crippen molar-refractivity contribution in [1.82, 2.24) is 4.98 Å². The molecule has 3 aliphatic heterocycles. The van der Waals surface area contributed by atoms with Crippen molar-refractivity contribution < 1.29 is 89.1 Å². The molecule has 3 aliphatic rings. The fraction of sp³-hybridized carbons (Fsp3) is 0.351. The van der Waals surface area contributed by atoms with Gasteiger partial charge in [0.15, 0.2) is 35.2 Å². The minimum absolute atomic E-state index is 0.0744. The van der Waals surface area contributed by atoms with Gasteiger partial charge < -0.3 is 85.3 Å². The quantitative estimate of drug-likeness (QED) is 0.0534. The summed E-state index contributed by atoms with van der Waals surface area (Å²) in [5, 5.41) is 115. The molecule has 21 nitrogen and oxygen atoms in total. The third-order valence-electron chi connectivity index (χ3n) is 10.1. The Morgan fingerprint density at radius 1 is 0.897 bits per heavy atom. The van der Waals surface area contributed by atoms with E-state index in [1.807, 2.05) is 0 Å². The number of carboxylic acid groups (broad SMARTS) is 1. The van der Waals surface area contributed by atoms with Gasteiger partial charge in [0.2, 0.25) is 6.29 Å². The zero-order valence-electron chi connectivity index (χ0n) is 29.6. The molecule has 0 amide bonds.